The molecule has 3 aromatic rings. The second-order valence-corrected chi connectivity index (χ2v) is 9.50. The minimum absolute atomic E-state index is 0.187. The van der Waals surface area contributed by atoms with Crippen molar-refractivity contribution in [2.75, 3.05) is 0 Å². The van der Waals surface area contributed by atoms with Crippen LogP contribution in [0.2, 0.25) is 0 Å². The molecule has 0 saturated carbocycles. The molecule has 0 aromatic heterocycles. The van der Waals surface area contributed by atoms with Gasteiger partial charge in [-0.15, -0.1) is 0 Å². The van der Waals surface area contributed by atoms with Crippen molar-refractivity contribution in [2.45, 2.75) is 51.9 Å². The van der Waals surface area contributed by atoms with E-state index in [0.717, 1.165) is 28.7 Å². The Balaban J connectivity index is 1.37. The van der Waals surface area contributed by atoms with Gasteiger partial charge in [0.05, 0.1) is 0 Å². The number of rotatable bonds is 11. The van der Waals surface area contributed by atoms with Gasteiger partial charge in [-0.2, -0.15) is 0 Å². The van der Waals surface area contributed by atoms with Gasteiger partial charge in [0.1, 0.15) is 0 Å². The van der Waals surface area contributed by atoms with Crippen LogP contribution in [-0.4, -0.2) is 11.9 Å². The number of halogens is 1. The fourth-order valence-corrected chi connectivity index (χ4v) is 4.42. The first kappa shape index (κ1) is 25.7. The fraction of sp³-hybridized carbons (Fsp3) is 0.250. The highest BCUT2D eigenvalue weighted by Crippen LogP contribution is 2.24. The molecule has 184 valence electrons. The molecule has 0 bridgehead atoms. The summed E-state index contributed by atoms with van der Waals surface area (Å²) in [4.78, 5) is 16.7. The van der Waals surface area contributed by atoms with E-state index in [1.54, 1.807) is 6.08 Å². The highest BCUT2D eigenvalue weighted by molar-refractivity contribution is 6.33. The first-order chi connectivity index (χ1) is 17.6. The summed E-state index contributed by atoms with van der Waals surface area (Å²) in [6.45, 7) is 2.25. The first-order valence-corrected chi connectivity index (χ1v) is 13.1. The van der Waals surface area contributed by atoms with E-state index in [-0.39, 0.29) is 11.6 Å². The Morgan fingerprint density at radius 2 is 1.42 bits per heavy atom. The van der Waals surface area contributed by atoms with Crippen molar-refractivity contribution in [3.63, 3.8) is 0 Å². The number of nitrogens with zero attached hydrogens (tertiary/aromatic N) is 1. The average molecular weight is 498 g/mol. The van der Waals surface area contributed by atoms with Crippen molar-refractivity contribution >= 4 is 29.5 Å². The topological polar surface area (TPSA) is 38.7 Å². The van der Waals surface area contributed by atoms with Gasteiger partial charge in [-0.3, -0.25) is 0 Å². The van der Waals surface area contributed by atoms with E-state index in [4.69, 9.17) is 16.3 Å². The SMILES string of the molecule is CCCCCCCCc1ccc(-c2ccc(C3=N/C(=C\C(Cl)=C\c4ccccc4)C(=O)O3)cc2)cc1. The van der Waals surface area contributed by atoms with Crippen molar-refractivity contribution in [3.05, 3.63) is 112 Å². The summed E-state index contributed by atoms with van der Waals surface area (Å²) >= 11 is 6.32. The summed E-state index contributed by atoms with van der Waals surface area (Å²) in [6.07, 6.45) is 12.3. The molecule has 0 spiro atoms. The number of aliphatic imine (C=N–C) groups is 1. The van der Waals surface area contributed by atoms with Crippen LogP contribution >= 0.6 is 11.6 Å². The Labute approximate surface area is 219 Å². The van der Waals surface area contributed by atoms with Crippen LogP contribution in [0.15, 0.2) is 101 Å². The minimum Gasteiger partial charge on any atom is -0.402 e. The van der Waals surface area contributed by atoms with Crippen LogP contribution in [0.5, 0.6) is 0 Å². The summed E-state index contributed by atoms with van der Waals surface area (Å²) in [5.41, 5.74) is 5.54. The molecule has 0 saturated heterocycles. The Hall–Kier alpha value is -3.43. The zero-order valence-electron chi connectivity index (χ0n) is 20.8. The fourth-order valence-electron chi connectivity index (χ4n) is 4.19. The maximum absolute atomic E-state index is 12.3. The third kappa shape index (κ3) is 7.29. The maximum atomic E-state index is 12.3. The van der Waals surface area contributed by atoms with E-state index in [1.807, 2.05) is 54.6 Å². The third-order valence-corrected chi connectivity index (χ3v) is 6.46. The summed E-state index contributed by atoms with van der Waals surface area (Å²) < 4.78 is 5.40. The lowest BCUT2D eigenvalue weighted by Gasteiger charge is -2.06. The Kier molecular flexibility index (Phi) is 9.29. The van der Waals surface area contributed by atoms with Gasteiger partial charge in [0, 0.05) is 10.6 Å². The number of aryl methyl sites for hydroxylation is 1. The van der Waals surface area contributed by atoms with Gasteiger partial charge in [0.15, 0.2) is 5.70 Å². The Bertz CT molecular complexity index is 1240. The summed E-state index contributed by atoms with van der Waals surface area (Å²) in [5.74, 6) is -0.217. The molecule has 0 unspecified atom stereocenters. The highest BCUT2D eigenvalue weighted by atomic mass is 35.5. The molecule has 4 rings (SSSR count). The second kappa shape index (κ2) is 13.0. The lowest BCUT2D eigenvalue weighted by atomic mass is 10.00. The van der Waals surface area contributed by atoms with Gasteiger partial charge in [-0.1, -0.05) is 117 Å². The van der Waals surface area contributed by atoms with Gasteiger partial charge >= 0.3 is 5.97 Å². The molecule has 0 aliphatic carbocycles. The predicted octanol–water partition coefficient (Wildman–Crippen LogP) is 8.72. The van der Waals surface area contributed by atoms with Crippen LogP contribution in [0.25, 0.3) is 17.2 Å². The summed E-state index contributed by atoms with van der Waals surface area (Å²) in [5, 5.41) is 0.411. The number of hydrogen-bond acceptors (Lipinski definition) is 3. The van der Waals surface area contributed by atoms with Crippen LogP contribution in [0.4, 0.5) is 0 Å². The second-order valence-electron chi connectivity index (χ2n) is 9.07. The molecular formula is C32H32ClNO2. The van der Waals surface area contributed by atoms with E-state index in [9.17, 15) is 4.79 Å². The lowest BCUT2D eigenvalue weighted by molar-refractivity contribution is -0.130. The average Bonchev–Trinajstić information content (AvgIpc) is 3.27. The monoisotopic (exact) mass is 497 g/mol. The van der Waals surface area contributed by atoms with Crippen molar-refractivity contribution in [3.8, 4) is 11.1 Å². The quantitative estimate of drug-likeness (QED) is 0.151. The van der Waals surface area contributed by atoms with Crippen LogP contribution < -0.4 is 0 Å². The van der Waals surface area contributed by atoms with E-state index in [2.05, 4.69) is 36.2 Å². The smallest absolute Gasteiger partial charge is 0.363 e. The normalized spacial score (nSPS) is 14.7. The molecule has 3 aromatic carbocycles. The van der Waals surface area contributed by atoms with E-state index >= 15 is 0 Å². The number of allylic oxidation sites excluding steroid dienone is 2. The number of benzene rings is 3. The standard InChI is InChI=1S/C32H32ClNO2/c1-2-3-4-5-6-8-11-24-14-16-26(17-15-24)27-18-20-28(21-19-27)31-34-30(32(35)36-31)23-29(33)22-25-12-9-7-10-13-25/h7,9-10,12-23H,2-6,8,11H2,1H3/b29-22-,30-23-. The van der Waals surface area contributed by atoms with Gasteiger partial charge in [-0.25, -0.2) is 9.79 Å². The number of ether oxygens (including phenoxy) is 1. The van der Waals surface area contributed by atoms with Crippen LogP contribution in [0.1, 0.15) is 62.1 Å². The maximum Gasteiger partial charge on any atom is 0.363 e. The highest BCUT2D eigenvalue weighted by Gasteiger charge is 2.24. The zero-order valence-corrected chi connectivity index (χ0v) is 21.5. The lowest BCUT2D eigenvalue weighted by Crippen LogP contribution is -2.05. The molecule has 1 heterocycles. The molecule has 0 N–H and O–H groups in total. The molecule has 4 heteroatoms. The Morgan fingerprint density at radius 3 is 2.11 bits per heavy atom. The van der Waals surface area contributed by atoms with Gasteiger partial charge in [0.2, 0.25) is 5.90 Å². The first-order valence-electron chi connectivity index (χ1n) is 12.8. The Morgan fingerprint density at radius 1 is 0.806 bits per heavy atom. The van der Waals surface area contributed by atoms with Gasteiger partial charge < -0.3 is 4.74 Å². The molecule has 1 aliphatic heterocycles. The zero-order chi connectivity index (χ0) is 25.2. The van der Waals surface area contributed by atoms with Gasteiger partial charge in [0.25, 0.3) is 0 Å². The minimum atomic E-state index is -0.505. The van der Waals surface area contributed by atoms with Crippen LogP contribution in [0, 0.1) is 0 Å². The predicted molar refractivity (Wildman–Crippen MR) is 150 cm³/mol. The molecule has 0 radical (unpaired) electrons. The van der Waals surface area contributed by atoms with Gasteiger partial charge in [-0.05, 0) is 59.4 Å². The summed E-state index contributed by atoms with van der Waals surface area (Å²) in [6, 6.07) is 26.4. The molecule has 36 heavy (non-hydrogen) atoms. The number of esters is 1. The van der Waals surface area contributed by atoms with Crippen LogP contribution in [-0.2, 0) is 16.0 Å². The number of carbonyl (C=O) groups is 1. The third-order valence-electron chi connectivity index (χ3n) is 6.24. The summed E-state index contributed by atoms with van der Waals surface area (Å²) in [7, 11) is 0. The molecule has 0 amide bonds. The molecule has 0 fully saturated rings. The van der Waals surface area contributed by atoms with Crippen LogP contribution in [0.3, 0.4) is 0 Å². The molecule has 3 nitrogen and oxygen atoms in total. The largest absolute Gasteiger partial charge is 0.402 e. The molecule has 1 aliphatic rings. The molecule has 0 atom stereocenters. The number of cyclic esters (lactones) is 1. The van der Waals surface area contributed by atoms with Crippen molar-refractivity contribution in [2.24, 2.45) is 4.99 Å². The number of carbonyl (C=O) groups excluding carboxylic acids is 1. The molecular weight excluding hydrogens is 466 g/mol. The van der Waals surface area contributed by atoms with Crippen molar-refractivity contribution < 1.29 is 9.53 Å². The van der Waals surface area contributed by atoms with E-state index < -0.39 is 5.97 Å². The van der Waals surface area contributed by atoms with Crippen molar-refractivity contribution in [1.29, 1.82) is 0 Å². The van der Waals surface area contributed by atoms with E-state index in [1.165, 1.54) is 50.2 Å². The number of unbranched alkanes of at least 4 members (excludes halogenated alkanes) is 5. The number of hydrogen-bond donors (Lipinski definition) is 0. The van der Waals surface area contributed by atoms with E-state index in [0.29, 0.717) is 5.03 Å². The van der Waals surface area contributed by atoms with Crippen molar-refractivity contribution in [1.82, 2.24) is 0 Å².